The van der Waals surface area contributed by atoms with E-state index in [-0.39, 0.29) is 31.0 Å². The quantitative estimate of drug-likeness (QED) is 0.547. The fourth-order valence-corrected chi connectivity index (χ4v) is 3.23. The lowest BCUT2D eigenvalue weighted by atomic mass is 10.1. The van der Waals surface area contributed by atoms with Crippen LogP contribution in [0.25, 0.3) is 0 Å². The van der Waals surface area contributed by atoms with Gasteiger partial charge in [-0.25, -0.2) is 4.79 Å². The van der Waals surface area contributed by atoms with Crippen LogP contribution in [0.3, 0.4) is 0 Å². The van der Waals surface area contributed by atoms with Crippen LogP contribution in [0.4, 0.5) is 4.79 Å². The van der Waals surface area contributed by atoms with Gasteiger partial charge in [-0.1, -0.05) is 6.07 Å². The normalized spacial score (nSPS) is 16.5. The Morgan fingerprint density at radius 2 is 1.97 bits per heavy atom. The van der Waals surface area contributed by atoms with Gasteiger partial charge in [0.05, 0.1) is 0 Å². The molecule has 2 N–H and O–H groups in total. The standard InChI is InChI=1S/C22H28N4O5/c1-22(2,3)31-21(28)26-8-6-17(7-9-26)24-13-16(11-23)20(27)25-12-15-4-5-18-19(10-15)30-14-29-18/h4-5,10,13,17,24H,6-9,12,14H2,1-3H3,(H,25,27)/b16-13-. The Balaban J connectivity index is 1.45. The molecule has 1 aromatic rings. The van der Waals surface area contributed by atoms with Crippen LogP contribution < -0.4 is 20.1 Å². The topological polar surface area (TPSA) is 113 Å². The Morgan fingerprint density at radius 1 is 1.26 bits per heavy atom. The minimum absolute atomic E-state index is 0.00434. The molecule has 0 aliphatic carbocycles. The van der Waals surface area contributed by atoms with Crippen molar-refractivity contribution in [3.05, 3.63) is 35.5 Å². The highest BCUT2D eigenvalue weighted by atomic mass is 16.7. The van der Waals surface area contributed by atoms with E-state index < -0.39 is 11.5 Å². The van der Waals surface area contributed by atoms with E-state index in [1.807, 2.05) is 32.9 Å². The number of hydrogen-bond acceptors (Lipinski definition) is 7. The highest BCUT2D eigenvalue weighted by molar-refractivity contribution is 5.97. The average molecular weight is 428 g/mol. The Hall–Kier alpha value is -3.41. The molecule has 0 radical (unpaired) electrons. The first-order chi connectivity index (χ1) is 14.7. The maximum Gasteiger partial charge on any atom is 0.410 e. The molecule has 2 aliphatic rings. The SMILES string of the molecule is CC(C)(C)OC(=O)N1CCC(N/C=C(/C#N)C(=O)NCc2ccc3c(c2)OCO3)CC1. The second-order valence-corrected chi connectivity index (χ2v) is 8.45. The number of piperidine rings is 1. The van der Waals surface area contributed by atoms with Crippen LogP contribution in [0.1, 0.15) is 39.2 Å². The minimum Gasteiger partial charge on any atom is -0.454 e. The number of amides is 2. The second kappa shape index (κ2) is 9.60. The van der Waals surface area contributed by atoms with Crippen molar-refractivity contribution >= 4 is 12.0 Å². The molecule has 1 fully saturated rings. The average Bonchev–Trinajstić information content (AvgIpc) is 3.19. The van der Waals surface area contributed by atoms with Gasteiger partial charge in [0.15, 0.2) is 11.5 Å². The number of carbonyl (C=O) groups excluding carboxylic acids is 2. The van der Waals surface area contributed by atoms with E-state index in [9.17, 15) is 14.9 Å². The molecule has 0 unspecified atom stereocenters. The van der Waals surface area contributed by atoms with Gasteiger partial charge in [0.25, 0.3) is 5.91 Å². The van der Waals surface area contributed by atoms with Crippen LogP contribution in [0, 0.1) is 11.3 Å². The molecule has 2 heterocycles. The molecule has 31 heavy (non-hydrogen) atoms. The van der Waals surface area contributed by atoms with Crippen molar-refractivity contribution in [2.75, 3.05) is 19.9 Å². The largest absolute Gasteiger partial charge is 0.454 e. The lowest BCUT2D eigenvalue weighted by Gasteiger charge is -2.33. The minimum atomic E-state index is -0.523. The molecule has 9 heteroatoms. The van der Waals surface area contributed by atoms with Gasteiger partial charge < -0.3 is 29.7 Å². The molecule has 1 aromatic carbocycles. The van der Waals surface area contributed by atoms with Gasteiger partial charge in [-0.05, 0) is 51.3 Å². The van der Waals surface area contributed by atoms with Gasteiger partial charge in [0.1, 0.15) is 17.2 Å². The van der Waals surface area contributed by atoms with Crippen molar-refractivity contribution in [2.45, 2.75) is 51.8 Å². The molecule has 0 bridgehead atoms. The van der Waals surface area contributed by atoms with Gasteiger partial charge in [0.2, 0.25) is 6.79 Å². The first-order valence-corrected chi connectivity index (χ1v) is 10.3. The maximum absolute atomic E-state index is 12.4. The number of rotatable bonds is 5. The Bertz CT molecular complexity index is 892. The predicted octanol–water partition coefficient (Wildman–Crippen LogP) is 2.43. The molecule has 166 valence electrons. The Morgan fingerprint density at radius 3 is 2.65 bits per heavy atom. The molecular formula is C22H28N4O5. The number of fused-ring (bicyclic) bond motifs is 1. The number of nitriles is 1. The maximum atomic E-state index is 12.4. The molecule has 0 aromatic heterocycles. The number of ether oxygens (including phenoxy) is 3. The molecule has 2 aliphatic heterocycles. The summed E-state index contributed by atoms with van der Waals surface area (Å²) in [5, 5.41) is 15.2. The molecule has 0 saturated carbocycles. The summed E-state index contributed by atoms with van der Waals surface area (Å²) in [5.74, 6) is 0.857. The van der Waals surface area contributed by atoms with Crippen LogP contribution in [0.5, 0.6) is 11.5 Å². The van der Waals surface area contributed by atoms with E-state index in [2.05, 4.69) is 10.6 Å². The Kier molecular flexibility index (Phi) is 6.90. The zero-order valence-corrected chi connectivity index (χ0v) is 18.1. The number of benzene rings is 1. The van der Waals surface area contributed by atoms with Crippen molar-refractivity contribution in [3.63, 3.8) is 0 Å². The summed E-state index contributed by atoms with van der Waals surface area (Å²) in [6.45, 7) is 7.08. The van der Waals surface area contributed by atoms with Crippen molar-refractivity contribution in [2.24, 2.45) is 0 Å². The zero-order chi connectivity index (χ0) is 22.4. The second-order valence-electron chi connectivity index (χ2n) is 8.45. The van der Waals surface area contributed by atoms with Crippen molar-refractivity contribution in [3.8, 4) is 17.6 Å². The molecule has 0 spiro atoms. The summed E-state index contributed by atoms with van der Waals surface area (Å²) >= 11 is 0. The summed E-state index contributed by atoms with van der Waals surface area (Å²) in [7, 11) is 0. The zero-order valence-electron chi connectivity index (χ0n) is 18.1. The van der Waals surface area contributed by atoms with Gasteiger partial charge >= 0.3 is 6.09 Å². The third-order valence-corrected chi connectivity index (χ3v) is 4.87. The monoisotopic (exact) mass is 428 g/mol. The van der Waals surface area contributed by atoms with Crippen molar-refractivity contribution < 1.29 is 23.8 Å². The van der Waals surface area contributed by atoms with E-state index in [4.69, 9.17) is 14.2 Å². The number of nitrogens with zero attached hydrogens (tertiary/aromatic N) is 2. The fraction of sp³-hybridized carbons (Fsp3) is 0.500. The van der Waals surface area contributed by atoms with Crippen LogP contribution >= 0.6 is 0 Å². The number of hydrogen-bond donors (Lipinski definition) is 2. The lowest BCUT2D eigenvalue weighted by molar-refractivity contribution is -0.117. The van der Waals surface area contributed by atoms with Gasteiger partial charge in [-0.15, -0.1) is 0 Å². The summed E-state index contributed by atoms with van der Waals surface area (Å²) < 4.78 is 16.0. The van der Waals surface area contributed by atoms with E-state index in [0.717, 1.165) is 5.56 Å². The third-order valence-electron chi connectivity index (χ3n) is 4.87. The summed E-state index contributed by atoms with van der Waals surface area (Å²) in [5.41, 5.74) is 0.317. The number of likely N-dealkylation sites (tertiary alicyclic amines) is 1. The molecule has 9 nitrogen and oxygen atoms in total. The van der Waals surface area contributed by atoms with Crippen molar-refractivity contribution in [1.82, 2.24) is 15.5 Å². The predicted molar refractivity (Wildman–Crippen MR) is 112 cm³/mol. The fourth-order valence-electron chi connectivity index (χ4n) is 3.23. The van der Waals surface area contributed by atoms with Crippen molar-refractivity contribution in [1.29, 1.82) is 5.26 Å². The van der Waals surface area contributed by atoms with E-state index in [0.29, 0.717) is 37.4 Å². The van der Waals surface area contributed by atoms with Gasteiger partial charge in [-0.3, -0.25) is 4.79 Å². The van der Waals surface area contributed by atoms with Gasteiger partial charge in [0, 0.05) is 31.9 Å². The van der Waals surface area contributed by atoms with E-state index >= 15 is 0 Å². The van der Waals surface area contributed by atoms with Crippen LogP contribution in [-0.4, -0.2) is 48.4 Å². The summed E-state index contributed by atoms with van der Waals surface area (Å²) in [6.07, 6.45) is 2.53. The highest BCUT2D eigenvalue weighted by Gasteiger charge is 2.26. The number of nitrogens with one attached hydrogen (secondary N) is 2. The van der Waals surface area contributed by atoms with E-state index in [1.54, 1.807) is 17.0 Å². The van der Waals surface area contributed by atoms with Crippen LogP contribution in [0.2, 0.25) is 0 Å². The molecule has 3 rings (SSSR count). The lowest BCUT2D eigenvalue weighted by Crippen LogP contribution is -2.45. The van der Waals surface area contributed by atoms with E-state index in [1.165, 1.54) is 6.20 Å². The van der Waals surface area contributed by atoms with Crippen LogP contribution in [0.15, 0.2) is 30.0 Å². The Labute approximate surface area is 181 Å². The van der Waals surface area contributed by atoms with Crippen LogP contribution in [-0.2, 0) is 16.1 Å². The third kappa shape index (κ3) is 6.28. The highest BCUT2D eigenvalue weighted by Crippen LogP contribution is 2.32. The molecule has 2 amide bonds. The number of carbonyl (C=O) groups is 2. The van der Waals surface area contributed by atoms with Gasteiger partial charge in [-0.2, -0.15) is 5.26 Å². The smallest absolute Gasteiger partial charge is 0.410 e. The molecule has 1 saturated heterocycles. The molecular weight excluding hydrogens is 400 g/mol. The first-order valence-electron chi connectivity index (χ1n) is 10.3. The first kappa shape index (κ1) is 22.3. The summed E-state index contributed by atoms with van der Waals surface area (Å²) in [4.78, 5) is 26.2. The summed E-state index contributed by atoms with van der Waals surface area (Å²) in [6, 6.07) is 7.42. The molecule has 0 atom stereocenters.